The summed E-state index contributed by atoms with van der Waals surface area (Å²) in [6, 6.07) is 26.4. The molecule has 0 spiro atoms. The zero-order valence-electron chi connectivity index (χ0n) is 24.2. The van der Waals surface area contributed by atoms with E-state index in [0.29, 0.717) is 48.6 Å². The van der Waals surface area contributed by atoms with Crippen molar-refractivity contribution in [1.29, 1.82) is 0 Å². The van der Waals surface area contributed by atoms with E-state index in [9.17, 15) is 9.59 Å². The van der Waals surface area contributed by atoms with Crippen LogP contribution in [0, 0.1) is 0 Å². The molecule has 8 nitrogen and oxygen atoms in total. The van der Waals surface area contributed by atoms with Crippen molar-refractivity contribution in [1.82, 2.24) is 14.8 Å². The van der Waals surface area contributed by atoms with Crippen LogP contribution in [0.25, 0.3) is 0 Å². The van der Waals surface area contributed by atoms with Crippen LogP contribution in [0.1, 0.15) is 46.5 Å². The summed E-state index contributed by atoms with van der Waals surface area (Å²) in [6.07, 6.45) is 3.62. The smallest absolute Gasteiger partial charge is 0.259 e. The molecule has 2 heterocycles. The van der Waals surface area contributed by atoms with E-state index in [0.717, 1.165) is 17.1 Å². The first kappa shape index (κ1) is 28.8. The van der Waals surface area contributed by atoms with Crippen LogP contribution in [0.5, 0.6) is 17.2 Å². The van der Waals surface area contributed by atoms with Crippen molar-refractivity contribution >= 4 is 17.5 Å². The van der Waals surface area contributed by atoms with Crippen LogP contribution < -0.4 is 14.8 Å². The van der Waals surface area contributed by atoms with Crippen molar-refractivity contribution in [2.75, 3.05) is 25.5 Å². The van der Waals surface area contributed by atoms with Crippen LogP contribution >= 0.6 is 0 Å². The maximum atomic E-state index is 13.6. The summed E-state index contributed by atoms with van der Waals surface area (Å²) in [4.78, 5) is 35.0. The number of fused-ring (bicyclic) bond motifs is 1. The second-order valence-electron chi connectivity index (χ2n) is 10.7. The fourth-order valence-electron chi connectivity index (χ4n) is 5.04. The van der Waals surface area contributed by atoms with Crippen molar-refractivity contribution in [3.8, 4) is 17.2 Å². The lowest BCUT2D eigenvalue weighted by molar-refractivity contribution is 0.0592. The van der Waals surface area contributed by atoms with E-state index in [4.69, 9.17) is 9.47 Å². The number of para-hydroxylation sites is 2. The second-order valence-corrected chi connectivity index (χ2v) is 10.7. The quantitative estimate of drug-likeness (QED) is 0.258. The molecule has 0 bridgehead atoms. The number of anilines is 1. The van der Waals surface area contributed by atoms with Crippen LogP contribution in [0.2, 0.25) is 0 Å². The molecule has 4 aromatic rings. The topological polar surface area (TPSA) is 84.0 Å². The van der Waals surface area contributed by atoms with Gasteiger partial charge in [-0.2, -0.15) is 0 Å². The van der Waals surface area contributed by atoms with Gasteiger partial charge in [-0.3, -0.25) is 19.5 Å². The molecule has 0 radical (unpaired) electrons. The van der Waals surface area contributed by atoms with E-state index in [1.165, 1.54) is 0 Å². The lowest BCUT2D eigenvalue weighted by Crippen LogP contribution is -2.44. The van der Waals surface area contributed by atoms with E-state index in [1.54, 1.807) is 42.7 Å². The number of carbonyl (C=O) groups excluding carboxylic acids is 2. The summed E-state index contributed by atoms with van der Waals surface area (Å²) in [5.74, 6) is 1.42. The molecule has 1 aromatic heterocycles. The Kier molecular flexibility index (Phi) is 9.14. The van der Waals surface area contributed by atoms with Gasteiger partial charge in [-0.1, -0.05) is 36.4 Å². The maximum absolute atomic E-state index is 13.6. The summed E-state index contributed by atoms with van der Waals surface area (Å²) in [5, 5.41) is 2.90. The van der Waals surface area contributed by atoms with E-state index >= 15 is 0 Å². The number of carbonyl (C=O) groups is 2. The summed E-state index contributed by atoms with van der Waals surface area (Å²) in [5.41, 5.74) is 2.47. The van der Waals surface area contributed by atoms with E-state index < -0.39 is 0 Å². The molecular weight excluding hydrogens is 528 g/mol. The minimum absolute atomic E-state index is 0.00718. The number of benzene rings is 3. The molecule has 0 fully saturated rings. The third-order valence-corrected chi connectivity index (χ3v) is 7.16. The van der Waals surface area contributed by atoms with Crippen molar-refractivity contribution in [2.45, 2.75) is 39.0 Å². The zero-order valence-corrected chi connectivity index (χ0v) is 24.2. The average Bonchev–Trinajstić information content (AvgIpc) is 2.98. The Morgan fingerprint density at radius 3 is 2.43 bits per heavy atom. The predicted octanol–water partition coefficient (Wildman–Crippen LogP) is 6.26. The third-order valence-electron chi connectivity index (χ3n) is 7.16. The summed E-state index contributed by atoms with van der Waals surface area (Å²) < 4.78 is 12.5. The molecule has 0 saturated carbocycles. The van der Waals surface area contributed by atoms with Crippen LogP contribution in [-0.4, -0.2) is 58.9 Å². The van der Waals surface area contributed by atoms with E-state index in [-0.39, 0.29) is 24.0 Å². The SMILES string of the molecule is CC(C)N1CCC(CN(C)Cc2ccc(Oc3ccccc3)cc2)Oc2c(C(=O)Nc3ccncc3)cccc2C1=O. The highest BCUT2D eigenvalue weighted by Gasteiger charge is 2.31. The van der Waals surface area contributed by atoms with Crippen molar-refractivity contribution in [3.05, 3.63) is 114 Å². The molecule has 216 valence electrons. The Bertz CT molecular complexity index is 1490. The maximum Gasteiger partial charge on any atom is 0.259 e. The molecule has 1 atom stereocenters. The Labute approximate surface area is 246 Å². The van der Waals surface area contributed by atoms with Crippen LogP contribution in [0.3, 0.4) is 0 Å². The van der Waals surface area contributed by atoms with Gasteiger partial charge < -0.3 is 19.7 Å². The number of hydrogen-bond acceptors (Lipinski definition) is 6. The van der Waals surface area contributed by atoms with Gasteiger partial charge in [-0.05, 0) is 75.0 Å². The molecule has 42 heavy (non-hydrogen) atoms. The highest BCUT2D eigenvalue weighted by molar-refractivity contribution is 6.09. The van der Waals surface area contributed by atoms with Gasteiger partial charge in [-0.25, -0.2) is 0 Å². The van der Waals surface area contributed by atoms with Gasteiger partial charge in [0.05, 0.1) is 11.1 Å². The van der Waals surface area contributed by atoms with E-state index in [2.05, 4.69) is 27.3 Å². The molecule has 1 aliphatic heterocycles. The fraction of sp³-hybridized carbons (Fsp3) is 0.265. The zero-order chi connectivity index (χ0) is 29.5. The number of nitrogens with zero attached hydrogens (tertiary/aromatic N) is 3. The van der Waals surface area contributed by atoms with Gasteiger partial charge in [-0.15, -0.1) is 0 Å². The molecule has 1 N–H and O–H groups in total. The number of aromatic nitrogens is 1. The largest absolute Gasteiger partial charge is 0.487 e. The Hall–Kier alpha value is -4.69. The minimum atomic E-state index is -0.340. The monoisotopic (exact) mass is 564 g/mol. The number of nitrogens with one attached hydrogen (secondary N) is 1. The van der Waals surface area contributed by atoms with Crippen molar-refractivity contribution in [2.24, 2.45) is 0 Å². The van der Waals surface area contributed by atoms with Gasteiger partial charge in [0, 0.05) is 50.2 Å². The van der Waals surface area contributed by atoms with Gasteiger partial charge in [0.1, 0.15) is 23.4 Å². The average molecular weight is 565 g/mol. The van der Waals surface area contributed by atoms with Gasteiger partial charge in [0.2, 0.25) is 0 Å². The first-order valence-corrected chi connectivity index (χ1v) is 14.2. The van der Waals surface area contributed by atoms with Gasteiger partial charge in [0.15, 0.2) is 0 Å². The number of amides is 2. The lowest BCUT2D eigenvalue weighted by Gasteiger charge is -2.34. The third kappa shape index (κ3) is 7.14. The molecule has 1 unspecified atom stereocenters. The van der Waals surface area contributed by atoms with Crippen LogP contribution in [-0.2, 0) is 6.54 Å². The normalized spacial score (nSPS) is 15.0. The minimum Gasteiger partial charge on any atom is -0.487 e. The molecule has 0 aliphatic carbocycles. The Morgan fingerprint density at radius 2 is 1.71 bits per heavy atom. The molecule has 1 aliphatic rings. The number of hydrogen-bond donors (Lipinski definition) is 1. The fourth-order valence-corrected chi connectivity index (χ4v) is 5.04. The standard InChI is InChI=1S/C34H36N4O4/c1-24(2)38-21-18-29(23-37(3)22-25-12-14-28(15-13-25)41-27-8-5-4-6-9-27)42-32-30(10-7-11-31(32)34(38)40)33(39)36-26-16-19-35-20-17-26/h4-17,19-20,24,29H,18,21-23H2,1-3H3,(H,35,36,39). The number of pyridine rings is 1. The molecular formula is C34H36N4O4. The Morgan fingerprint density at radius 1 is 1.00 bits per heavy atom. The first-order chi connectivity index (χ1) is 20.4. The van der Waals surface area contributed by atoms with Crippen molar-refractivity contribution < 1.29 is 19.1 Å². The lowest BCUT2D eigenvalue weighted by atomic mass is 10.0. The summed E-state index contributed by atoms with van der Waals surface area (Å²) in [7, 11) is 2.05. The van der Waals surface area contributed by atoms with Crippen molar-refractivity contribution in [3.63, 3.8) is 0 Å². The summed E-state index contributed by atoms with van der Waals surface area (Å²) in [6.45, 7) is 5.89. The molecule has 0 saturated heterocycles. The van der Waals surface area contributed by atoms with E-state index in [1.807, 2.05) is 68.3 Å². The highest BCUT2D eigenvalue weighted by atomic mass is 16.5. The molecule has 5 rings (SSSR count). The molecule has 3 aromatic carbocycles. The first-order valence-electron chi connectivity index (χ1n) is 14.2. The number of likely N-dealkylation sites (N-methyl/N-ethyl adjacent to an activating group) is 1. The van der Waals surface area contributed by atoms with Gasteiger partial charge >= 0.3 is 0 Å². The predicted molar refractivity (Wildman–Crippen MR) is 163 cm³/mol. The molecule has 8 heteroatoms. The highest BCUT2D eigenvalue weighted by Crippen LogP contribution is 2.31. The summed E-state index contributed by atoms with van der Waals surface area (Å²) >= 11 is 0. The number of ether oxygens (including phenoxy) is 2. The van der Waals surface area contributed by atoms with Gasteiger partial charge in [0.25, 0.3) is 11.8 Å². The second kappa shape index (κ2) is 13.3. The number of rotatable bonds is 9. The van der Waals surface area contributed by atoms with Crippen LogP contribution in [0.15, 0.2) is 97.3 Å². The Balaban J connectivity index is 1.32. The van der Waals surface area contributed by atoms with Crippen LogP contribution in [0.4, 0.5) is 5.69 Å². The molecule has 2 amide bonds.